The quantitative estimate of drug-likeness (QED) is 0.589. The van der Waals surface area contributed by atoms with Crippen LogP contribution in [-0.2, 0) is 26.2 Å². The number of hydrogen-bond acceptors (Lipinski definition) is 5. The largest absolute Gasteiger partial charge is 0.338 e. The molecule has 0 radical (unpaired) electrons. The number of sulfonamides is 1. The molecule has 1 atom stereocenters. The van der Waals surface area contributed by atoms with Crippen LogP contribution >= 0.6 is 0 Å². The van der Waals surface area contributed by atoms with E-state index in [0.29, 0.717) is 37.1 Å². The van der Waals surface area contributed by atoms with Crippen molar-refractivity contribution in [1.82, 2.24) is 9.21 Å². The minimum absolute atomic E-state index is 0.0652. The van der Waals surface area contributed by atoms with Crippen LogP contribution in [-0.4, -0.2) is 54.4 Å². The van der Waals surface area contributed by atoms with E-state index in [9.17, 15) is 22.8 Å². The molecule has 2 saturated heterocycles. The molecule has 4 rings (SSSR count). The molecule has 0 aliphatic carbocycles. The molecule has 2 aromatic carbocycles. The summed E-state index contributed by atoms with van der Waals surface area (Å²) in [6, 6.07) is 12.3. The van der Waals surface area contributed by atoms with Crippen molar-refractivity contribution in [2.45, 2.75) is 62.9 Å². The summed E-state index contributed by atoms with van der Waals surface area (Å²) >= 11 is 0. The van der Waals surface area contributed by atoms with Gasteiger partial charge < -0.3 is 10.2 Å². The van der Waals surface area contributed by atoms with E-state index < -0.39 is 16.1 Å². The zero-order valence-corrected chi connectivity index (χ0v) is 20.7. The predicted molar refractivity (Wildman–Crippen MR) is 132 cm³/mol. The number of carbonyl (C=O) groups is 3. The number of benzene rings is 2. The van der Waals surface area contributed by atoms with Gasteiger partial charge in [0.1, 0.15) is 6.04 Å². The molecule has 2 aliphatic rings. The Morgan fingerprint density at radius 2 is 1.74 bits per heavy atom. The highest BCUT2D eigenvalue weighted by molar-refractivity contribution is 7.89. The molecular formula is C26H31N3O5S. The maximum Gasteiger partial charge on any atom is 0.243 e. The van der Waals surface area contributed by atoms with E-state index >= 15 is 0 Å². The maximum atomic E-state index is 13.4. The van der Waals surface area contributed by atoms with Gasteiger partial charge >= 0.3 is 0 Å². The first kappa shape index (κ1) is 25.1. The van der Waals surface area contributed by atoms with Crippen LogP contribution in [0.4, 0.5) is 5.69 Å². The summed E-state index contributed by atoms with van der Waals surface area (Å²) < 4.78 is 28.0. The highest BCUT2D eigenvalue weighted by Gasteiger charge is 2.37. The van der Waals surface area contributed by atoms with Gasteiger partial charge in [-0.3, -0.25) is 14.4 Å². The minimum Gasteiger partial charge on any atom is -0.338 e. The van der Waals surface area contributed by atoms with Gasteiger partial charge in [-0.1, -0.05) is 30.7 Å². The fraction of sp³-hybridized carbons (Fsp3) is 0.423. The van der Waals surface area contributed by atoms with Gasteiger partial charge in [0, 0.05) is 37.3 Å². The number of hydrogen-bond donors (Lipinski definition) is 1. The molecule has 8 nitrogen and oxygen atoms in total. The van der Waals surface area contributed by atoms with Gasteiger partial charge in [0.05, 0.1) is 4.90 Å². The lowest BCUT2D eigenvalue weighted by atomic mass is 10.0. The van der Waals surface area contributed by atoms with Crippen molar-refractivity contribution < 1.29 is 22.8 Å². The Morgan fingerprint density at radius 1 is 1.00 bits per heavy atom. The fourth-order valence-corrected chi connectivity index (χ4v) is 6.33. The van der Waals surface area contributed by atoms with E-state index in [2.05, 4.69) is 5.32 Å². The molecule has 9 heteroatoms. The number of anilines is 1. The molecule has 186 valence electrons. The molecule has 1 N–H and O–H groups in total. The van der Waals surface area contributed by atoms with Gasteiger partial charge in [-0.15, -0.1) is 0 Å². The van der Waals surface area contributed by atoms with Crippen molar-refractivity contribution in [2.75, 3.05) is 18.4 Å². The number of carbonyl (C=O) groups excluding carboxylic acids is 3. The summed E-state index contributed by atoms with van der Waals surface area (Å²) in [5.74, 6) is -0.374. The first-order chi connectivity index (χ1) is 16.8. The lowest BCUT2D eigenvalue weighted by Crippen LogP contribution is -2.49. The Morgan fingerprint density at radius 3 is 2.46 bits per heavy atom. The van der Waals surface area contributed by atoms with Crippen molar-refractivity contribution in [3.63, 3.8) is 0 Å². The van der Waals surface area contributed by atoms with E-state index in [-0.39, 0.29) is 29.0 Å². The second-order valence-electron chi connectivity index (χ2n) is 9.17. The van der Waals surface area contributed by atoms with Crippen molar-refractivity contribution in [2.24, 2.45) is 0 Å². The number of amides is 2. The first-order valence-electron chi connectivity index (χ1n) is 12.1. The van der Waals surface area contributed by atoms with Gasteiger partial charge in [-0.25, -0.2) is 8.42 Å². The third kappa shape index (κ3) is 5.79. The summed E-state index contributed by atoms with van der Waals surface area (Å²) in [5, 5.41) is 2.88. The summed E-state index contributed by atoms with van der Waals surface area (Å²) in [6.45, 7) is 2.90. The maximum absolute atomic E-state index is 13.4. The Labute approximate surface area is 206 Å². The number of nitrogens with one attached hydrogen (secondary N) is 1. The zero-order valence-electron chi connectivity index (χ0n) is 19.9. The first-order valence-corrected chi connectivity index (χ1v) is 13.5. The fourth-order valence-electron chi connectivity index (χ4n) is 4.67. The molecule has 2 heterocycles. The molecule has 0 spiro atoms. The van der Waals surface area contributed by atoms with E-state index in [0.717, 1.165) is 31.4 Å². The molecule has 1 unspecified atom stereocenters. The Bertz CT molecular complexity index is 1210. The van der Waals surface area contributed by atoms with E-state index in [1.165, 1.54) is 35.5 Å². The summed E-state index contributed by atoms with van der Waals surface area (Å²) in [7, 11) is -3.91. The molecule has 2 aromatic rings. The second-order valence-corrected chi connectivity index (χ2v) is 11.1. The minimum atomic E-state index is -3.91. The van der Waals surface area contributed by atoms with E-state index in [1.54, 1.807) is 6.07 Å². The van der Waals surface area contributed by atoms with Crippen LogP contribution in [0.3, 0.4) is 0 Å². The van der Waals surface area contributed by atoms with Crippen LogP contribution in [0.15, 0.2) is 53.4 Å². The van der Waals surface area contributed by atoms with Crippen molar-refractivity contribution in [3.05, 3.63) is 59.7 Å². The molecule has 2 aliphatic heterocycles. The monoisotopic (exact) mass is 497 g/mol. The van der Waals surface area contributed by atoms with E-state index in [1.807, 2.05) is 23.1 Å². The summed E-state index contributed by atoms with van der Waals surface area (Å²) in [4.78, 5) is 38.8. The van der Waals surface area contributed by atoms with Crippen LogP contribution in [0.2, 0.25) is 0 Å². The number of ketones is 1. The van der Waals surface area contributed by atoms with Gasteiger partial charge in [-0.2, -0.15) is 4.31 Å². The molecular weight excluding hydrogens is 466 g/mol. The standard InChI is InChI=1S/C26H31N3O5S/c1-19(30)21-11-13-23(14-12-21)35(33,34)29-16-5-2-9-24(29)26(32)27-22-8-6-7-20(17-22)18-28-15-4-3-10-25(28)31/h6-8,11-14,17,24H,2-5,9-10,15-16,18H2,1H3,(H,27,32). The van der Waals surface area contributed by atoms with Crippen LogP contribution in [0.25, 0.3) is 0 Å². The van der Waals surface area contributed by atoms with E-state index in [4.69, 9.17) is 0 Å². The Balaban J connectivity index is 1.49. The number of likely N-dealkylation sites (tertiary alicyclic amines) is 1. The van der Waals surface area contributed by atoms with Gasteiger partial charge in [0.15, 0.2) is 5.78 Å². The number of piperidine rings is 2. The third-order valence-corrected chi connectivity index (χ3v) is 8.54. The predicted octanol–water partition coefficient (Wildman–Crippen LogP) is 3.58. The second kappa shape index (κ2) is 10.7. The van der Waals surface area contributed by atoms with Gasteiger partial charge in [0.2, 0.25) is 21.8 Å². The van der Waals surface area contributed by atoms with Gasteiger partial charge in [-0.05, 0) is 62.4 Å². The number of rotatable bonds is 7. The normalized spacial score (nSPS) is 19.4. The lowest BCUT2D eigenvalue weighted by Gasteiger charge is -2.33. The van der Waals surface area contributed by atoms with Crippen LogP contribution in [0, 0.1) is 0 Å². The van der Waals surface area contributed by atoms with Crippen LogP contribution < -0.4 is 5.32 Å². The molecule has 2 amide bonds. The average molecular weight is 498 g/mol. The smallest absolute Gasteiger partial charge is 0.243 e. The number of nitrogens with zero attached hydrogens (tertiary/aromatic N) is 2. The Kier molecular flexibility index (Phi) is 7.66. The lowest BCUT2D eigenvalue weighted by molar-refractivity contribution is -0.133. The third-order valence-electron chi connectivity index (χ3n) is 6.61. The molecule has 35 heavy (non-hydrogen) atoms. The van der Waals surface area contributed by atoms with Gasteiger partial charge in [0.25, 0.3) is 0 Å². The Hall–Kier alpha value is -3.04. The summed E-state index contributed by atoms with van der Waals surface area (Å²) in [5.41, 5.74) is 1.92. The van der Waals surface area contributed by atoms with Crippen molar-refractivity contribution in [1.29, 1.82) is 0 Å². The topological polar surface area (TPSA) is 104 Å². The molecule has 0 aromatic heterocycles. The van der Waals surface area contributed by atoms with Crippen LogP contribution in [0.1, 0.15) is 61.4 Å². The highest BCUT2D eigenvalue weighted by atomic mass is 32.2. The molecule has 0 saturated carbocycles. The molecule has 0 bridgehead atoms. The van der Waals surface area contributed by atoms with Crippen molar-refractivity contribution >= 4 is 33.3 Å². The van der Waals surface area contributed by atoms with Crippen LogP contribution in [0.5, 0.6) is 0 Å². The highest BCUT2D eigenvalue weighted by Crippen LogP contribution is 2.27. The van der Waals surface area contributed by atoms with Crippen molar-refractivity contribution in [3.8, 4) is 0 Å². The zero-order chi connectivity index (χ0) is 25.0. The SMILES string of the molecule is CC(=O)c1ccc(S(=O)(=O)N2CCCCC2C(=O)Nc2cccc(CN3CCCCC3=O)c2)cc1. The number of Topliss-reactive ketones (excluding diaryl/α,β-unsaturated/α-hetero) is 1. The molecule has 2 fully saturated rings. The summed E-state index contributed by atoms with van der Waals surface area (Å²) in [6.07, 6.45) is 4.34. The average Bonchev–Trinajstić information content (AvgIpc) is 2.86.